The molecule has 1 saturated heterocycles. The molecular formula is C16H26N4O4S. The number of rotatable bonds is 7. The minimum atomic E-state index is -3.27. The fourth-order valence-electron chi connectivity index (χ4n) is 3.17. The SMILES string of the molecule is C[C@@H]1CN(S(=O)(=O)CCCN)CC[C@H]1NC(=O)c1cc(C2CC2)on1. The predicted molar refractivity (Wildman–Crippen MR) is 92.5 cm³/mol. The fraction of sp³-hybridized carbons (Fsp3) is 0.750. The van der Waals surface area contributed by atoms with Crippen LogP contribution in [0.25, 0.3) is 0 Å². The van der Waals surface area contributed by atoms with Gasteiger partial charge in [0.25, 0.3) is 5.91 Å². The number of carbonyl (C=O) groups excluding carboxylic acids is 1. The van der Waals surface area contributed by atoms with Crippen LogP contribution in [0.5, 0.6) is 0 Å². The number of sulfonamides is 1. The van der Waals surface area contributed by atoms with Gasteiger partial charge in [0.1, 0.15) is 5.76 Å². The van der Waals surface area contributed by atoms with Crippen molar-refractivity contribution in [3.05, 3.63) is 17.5 Å². The topological polar surface area (TPSA) is 119 Å². The lowest BCUT2D eigenvalue weighted by Gasteiger charge is -2.36. The number of piperidine rings is 1. The molecular weight excluding hydrogens is 344 g/mol. The summed E-state index contributed by atoms with van der Waals surface area (Å²) in [7, 11) is -3.27. The van der Waals surface area contributed by atoms with E-state index in [0.29, 0.717) is 44.1 Å². The van der Waals surface area contributed by atoms with Crippen LogP contribution < -0.4 is 11.1 Å². The van der Waals surface area contributed by atoms with E-state index in [1.807, 2.05) is 6.92 Å². The van der Waals surface area contributed by atoms with E-state index in [2.05, 4.69) is 10.5 Å². The van der Waals surface area contributed by atoms with Crippen LogP contribution in [0.2, 0.25) is 0 Å². The molecule has 9 heteroatoms. The standard InChI is InChI=1S/C16H26N4O4S/c1-11-10-20(25(22,23)8-2-6-17)7-5-13(11)18-16(21)14-9-15(24-19-14)12-3-4-12/h9,11-13H,2-8,10,17H2,1H3,(H,18,21)/t11-,13-/m1/s1. The summed E-state index contributed by atoms with van der Waals surface area (Å²) in [6.45, 7) is 3.13. The highest BCUT2D eigenvalue weighted by Crippen LogP contribution is 2.40. The predicted octanol–water partition coefficient (Wildman–Crippen LogP) is 0.671. The lowest BCUT2D eigenvalue weighted by Crippen LogP contribution is -2.52. The molecule has 0 unspecified atom stereocenters. The summed E-state index contributed by atoms with van der Waals surface area (Å²) in [5.74, 6) is 1.04. The van der Waals surface area contributed by atoms with Crippen molar-refractivity contribution in [1.82, 2.24) is 14.8 Å². The van der Waals surface area contributed by atoms with Gasteiger partial charge in [-0.3, -0.25) is 4.79 Å². The Morgan fingerprint density at radius 3 is 2.84 bits per heavy atom. The third-order valence-electron chi connectivity index (χ3n) is 4.93. The first-order chi connectivity index (χ1) is 11.9. The molecule has 3 N–H and O–H groups in total. The molecule has 2 atom stereocenters. The van der Waals surface area contributed by atoms with Gasteiger partial charge in [-0.05, 0) is 38.1 Å². The summed E-state index contributed by atoms with van der Waals surface area (Å²) in [5.41, 5.74) is 5.70. The molecule has 2 heterocycles. The van der Waals surface area contributed by atoms with Crippen molar-refractivity contribution < 1.29 is 17.7 Å². The van der Waals surface area contributed by atoms with Crippen molar-refractivity contribution in [2.24, 2.45) is 11.7 Å². The Balaban J connectivity index is 1.55. The Labute approximate surface area is 148 Å². The van der Waals surface area contributed by atoms with E-state index in [-0.39, 0.29) is 23.6 Å². The van der Waals surface area contributed by atoms with Gasteiger partial charge < -0.3 is 15.6 Å². The second kappa shape index (κ2) is 7.43. The van der Waals surface area contributed by atoms with Crippen molar-refractivity contribution in [3.63, 3.8) is 0 Å². The Bertz CT molecular complexity index is 713. The van der Waals surface area contributed by atoms with Crippen LogP contribution in [0.15, 0.2) is 10.6 Å². The van der Waals surface area contributed by atoms with Gasteiger partial charge in [-0.2, -0.15) is 0 Å². The fourth-order valence-corrected chi connectivity index (χ4v) is 4.80. The van der Waals surface area contributed by atoms with Crippen molar-refractivity contribution in [2.75, 3.05) is 25.4 Å². The van der Waals surface area contributed by atoms with E-state index < -0.39 is 10.0 Å². The van der Waals surface area contributed by atoms with E-state index >= 15 is 0 Å². The van der Waals surface area contributed by atoms with Gasteiger partial charge in [0, 0.05) is 31.1 Å². The second-order valence-corrected chi connectivity index (χ2v) is 9.14. The molecule has 2 fully saturated rings. The van der Waals surface area contributed by atoms with Crippen LogP contribution in [0.4, 0.5) is 0 Å². The van der Waals surface area contributed by atoms with Crippen molar-refractivity contribution in [1.29, 1.82) is 0 Å². The quantitative estimate of drug-likeness (QED) is 0.728. The average Bonchev–Trinajstić information content (AvgIpc) is 3.31. The number of nitrogens with one attached hydrogen (secondary N) is 1. The monoisotopic (exact) mass is 370 g/mol. The van der Waals surface area contributed by atoms with Crippen LogP contribution in [0, 0.1) is 5.92 Å². The van der Waals surface area contributed by atoms with Crippen molar-refractivity contribution >= 4 is 15.9 Å². The molecule has 3 rings (SSSR count). The molecule has 0 aromatic carbocycles. The van der Waals surface area contributed by atoms with Crippen LogP contribution in [-0.2, 0) is 10.0 Å². The van der Waals surface area contributed by atoms with Gasteiger partial charge in [-0.15, -0.1) is 0 Å². The third kappa shape index (κ3) is 4.39. The van der Waals surface area contributed by atoms with Crippen molar-refractivity contribution in [2.45, 2.75) is 44.6 Å². The van der Waals surface area contributed by atoms with Gasteiger partial charge in [0.2, 0.25) is 10.0 Å². The lowest BCUT2D eigenvalue weighted by molar-refractivity contribution is 0.0892. The maximum absolute atomic E-state index is 12.4. The summed E-state index contributed by atoms with van der Waals surface area (Å²) in [6, 6.07) is 1.64. The summed E-state index contributed by atoms with van der Waals surface area (Å²) in [5, 5.41) is 6.82. The van der Waals surface area contributed by atoms with Gasteiger partial charge >= 0.3 is 0 Å². The number of nitrogens with two attached hydrogens (primary N) is 1. The number of hydrogen-bond acceptors (Lipinski definition) is 6. The smallest absolute Gasteiger partial charge is 0.273 e. The molecule has 140 valence electrons. The van der Waals surface area contributed by atoms with Crippen LogP contribution in [0.1, 0.15) is 54.8 Å². The molecule has 8 nitrogen and oxygen atoms in total. The van der Waals surface area contributed by atoms with E-state index in [0.717, 1.165) is 18.6 Å². The van der Waals surface area contributed by atoms with E-state index in [4.69, 9.17) is 10.3 Å². The minimum Gasteiger partial charge on any atom is -0.360 e. The molecule has 0 bridgehead atoms. The van der Waals surface area contributed by atoms with Gasteiger partial charge in [0.15, 0.2) is 5.69 Å². The minimum absolute atomic E-state index is 0.0279. The molecule has 1 saturated carbocycles. The number of aromatic nitrogens is 1. The average molecular weight is 370 g/mol. The molecule has 0 spiro atoms. The molecule has 1 aromatic rings. The highest BCUT2D eigenvalue weighted by molar-refractivity contribution is 7.89. The highest BCUT2D eigenvalue weighted by atomic mass is 32.2. The van der Waals surface area contributed by atoms with E-state index in [1.54, 1.807) is 6.07 Å². The molecule has 1 aromatic heterocycles. The summed E-state index contributed by atoms with van der Waals surface area (Å²) >= 11 is 0. The number of hydrogen-bond donors (Lipinski definition) is 2. The zero-order chi connectivity index (χ0) is 18.0. The van der Waals surface area contributed by atoms with Gasteiger partial charge in [-0.25, -0.2) is 12.7 Å². The summed E-state index contributed by atoms with van der Waals surface area (Å²) in [6.07, 6.45) is 3.22. The van der Waals surface area contributed by atoms with Crippen LogP contribution >= 0.6 is 0 Å². The summed E-state index contributed by atoms with van der Waals surface area (Å²) in [4.78, 5) is 12.4. The van der Waals surface area contributed by atoms with Crippen molar-refractivity contribution in [3.8, 4) is 0 Å². The molecule has 1 amide bonds. The first-order valence-electron chi connectivity index (χ1n) is 8.86. The Morgan fingerprint density at radius 1 is 1.44 bits per heavy atom. The van der Waals surface area contributed by atoms with E-state index in [9.17, 15) is 13.2 Å². The molecule has 1 aliphatic carbocycles. The maximum Gasteiger partial charge on any atom is 0.273 e. The van der Waals surface area contributed by atoms with Crippen LogP contribution in [0.3, 0.4) is 0 Å². The molecule has 2 aliphatic rings. The first-order valence-corrected chi connectivity index (χ1v) is 10.5. The third-order valence-corrected chi connectivity index (χ3v) is 6.85. The zero-order valence-corrected chi connectivity index (χ0v) is 15.3. The normalized spacial score (nSPS) is 25.0. The molecule has 25 heavy (non-hydrogen) atoms. The number of nitrogens with zero attached hydrogens (tertiary/aromatic N) is 2. The molecule has 0 radical (unpaired) electrons. The van der Waals surface area contributed by atoms with Crippen LogP contribution in [-0.4, -0.2) is 55.2 Å². The number of carbonyl (C=O) groups is 1. The van der Waals surface area contributed by atoms with Gasteiger partial charge in [0.05, 0.1) is 5.75 Å². The number of amides is 1. The Morgan fingerprint density at radius 2 is 2.20 bits per heavy atom. The largest absolute Gasteiger partial charge is 0.360 e. The lowest BCUT2D eigenvalue weighted by atomic mass is 9.95. The zero-order valence-electron chi connectivity index (χ0n) is 14.5. The van der Waals surface area contributed by atoms with E-state index in [1.165, 1.54) is 4.31 Å². The molecule has 1 aliphatic heterocycles. The Hall–Kier alpha value is -1.45. The van der Waals surface area contributed by atoms with Gasteiger partial charge in [-0.1, -0.05) is 12.1 Å². The maximum atomic E-state index is 12.4. The second-order valence-electron chi connectivity index (χ2n) is 7.05. The highest BCUT2D eigenvalue weighted by Gasteiger charge is 2.34. The Kier molecular flexibility index (Phi) is 5.45. The summed E-state index contributed by atoms with van der Waals surface area (Å²) < 4.78 is 31.3. The first kappa shape index (κ1) is 18.3.